The molecule has 0 spiro atoms. The average molecular weight is 83.1 g/mol. The molecule has 6 heavy (non-hydrogen) atoms. The van der Waals surface area contributed by atoms with Crippen LogP contribution in [0.25, 0.3) is 0 Å². The second kappa shape index (κ2) is 2.40. The van der Waals surface area contributed by atoms with Crippen LogP contribution >= 0.6 is 0 Å². The van der Waals surface area contributed by atoms with Gasteiger partial charge in [-0.3, -0.25) is 0 Å². The Morgan fingerprint density at radius 2 is 2.83 bits per heavy atom. The Morgan fingerprint density at radius 3 is 2.83 bits per heavy atom. The van der Waals surface area contributed by atoms with Crippen molar-refractivity contribution in [3.8, 4) is 6.07 Å². The van der Waals surface area contributed by atoms with Gasteiger partial charge in [-0.1, -0.05) is 0 Å². The van der Waals surface area contributed by atoms with E-state index in [0.717, 1.165) is 0 Å². The first-order chi connectivity index (χ1) is 3.18. The lowest BCUT2D eigenvalue weighted by Gasteiger charge is -1.75. The van der Waals surface area contributed by atoms with Gasteiger partial charge in [-0.25, -0.2) is 0 Å². The minimum Gasteiger partial charge on any atom is -0.309 e. The normalized spacial score (nSPS) is 14.3. The summed E-state index contributed by atoms with van der Waals surface area (Å²) >= 11 is 0. The molecule has 0 aliphatic rings. The lowest BCUT2D eigenvalue weighted by molar-refractivity contribution is 1.33. The lowest BCUT2D eigenvalue weighted by Crippen LogP contribution is -1.80. The molecule has 2 nitrogen and oxygen atoms in total. The molecular formula is C4H6N2. The monoisotopic (exact) mass is 83.1 g/mol. The lowest BCUT2D eigenvalue weighted by atomic mass is 10.3. The zero-order chi connectivity index (χ0) is 5.86. The number of hydrogen-bond acceptors (Lipinski definition) is 2. The van der Waals surface area contributed by atoms with E-state index in [1.54, 1.807) is 6.07 Å². The largest absolute Gasteiger partial charge is 0.309 e. The molecule has 0 saturated heterocycles. The van der Waals surface area contributed by atoms with E-state index in [1.165, 1.54) is 6.92 Å². The van der Waals surface area contributed by atoms with Crippen LogP contribution in [0.1, 0.15) is 14.7 Å². The molecule has 0 aromatic rings. The molecule has 1 N–H and O–H groups in total. The molecule has 1 atom stereocenters. The minimum absolute atomic E-state index is 0.0995. The van der Waals surface area contributed by atoms with E-state index < -0.39 is 6.40 Å². The van der Waals surface area contributed by atoms with Gasteiger partial charge in [0.25, 0.3) is 0 Å². The molecule has 0 bridgehead atoms. The topological polar surface area (TPSA) is 47.6 Å². The molecule has 1 unspecified atom stereocenters. The molecule has 0 aliphatic heterocycles. The molecular weight excluding hydrogens is 76.1 g/mol. The quantitative estimate of drug-likeness (QED) is 0.471. The Bertz CT molecular complexity index is 113. The van der Waals surface area contributed by atoms with E-state index in [4.69, 9.17) is 12.0 Å². The van der Waals surface area contributed by atoms with Crippen molar-refractivity contribution in [1.29, 1.82) is 10.7 Å². The van der Waals surface area contributed by atoms with Crippen LogP contribution in [0.3, 0.4) is 0 Å². The van der Waals surface area contributed by atoms with Crippen molar-refractivity contribution in [2.75, 3.05) is 0 Å². The smallest absolute Gasteiger partial charge is 0.0725 e. The molecule has 32 valence electrons. The van der Waals surface area contributed by atoms with Crippen molar-refractivity contribution in [3.63, 3.8) is 0 Å². The second-order valence-corrected chi connectivity index (χ2v) is 0.956. The molecule has 2 heteroatoms. The Balaban J connectivity index is 3.63. The maximum atomic E-state index is 7.93. The summed E-state index contributed by atoms with van der Waals surface area (Å²) < 4.78 is 6.69. The first kappa shape index (κ1) is 3.35. The number of rotatable bonds is 1. The third-order valence-corrected chi connectivity index (χ3v) is 0.281. The van der Waals surface area contributed by atoms with Crippen LogP contribution in [0.2, 0.25) is 0 Å². The van der Waals surface area contributed by atoms with Gasteiger partial charge in [0, 0.05) is 7.08 Å². The SMILES string of the molecule is [2H]C(C#N)C(C)=N. The summed E-state index contributed by atoms with van der Waals surface area (Å²) in [6.45, 7) is 1.45. The zero-order valence-electron chi connectivity index (χ0n) is 4.52. The van der Waals surface area contributed by atoms with Crippen molar-refractivity contribution in [3.05, 3.63) is 0 Å². The van der Waals surface area contributed by atoms with Crippen molar-refractivity contribution in [2.45, 2.75) is 13.3 Å². The van der Waals surface area contributed by atoms with Gasteiger partial charge in [0.1, 0.15) is 0 Å². The summed E-state index contributed by atoms with van der Waals surface area (Å²) in [4.78, 5) is 0. The first-order valence-electron chi connectivity index (χ1n) is 2.13. The third kappa shape index (κ3) is 3.16. The highest BCUT2D eigenvalue weighted by atomic mass is 14.4. The van der Waals surface area contributed by atoms with E-state index in [0.29, 0.717) is 0 Å². The van der Waals surface area contributed by atoms with Crippen LogP contribution in [0.15, 0.2) is 0 Å². The molecule has 0 aliphatic carbocycles. The standard InChI is InChI=1S/C4H6N2/c1-4(6)2-3-5/h6H,2H2,1H3/i2D. The molecule has 0 rings (SSSR count). The molecule has 0 aromatic heterocycles. The predicted octanol–water partition coefficient (Wildman–Crippen LogP) is 0.940. The van der Waals surface area contributed by atoms with E-state index in [2.05, 4.69) is 0 Å². The number of nitrogens with one attached hydrogen (secondary N) is 1. The molecule has 0 radical (unpaired) electrons. The van der Waals surface area contributed by atoms with E-state index >= 15 is 0 Å². The maximum absolute atomic E-state index is 7.93. The third-order valence-electron chi connectivity index (χ3n) is 0.281. The van der Waals surface area contributed by atoms with Gasteiger partial charge in [-0.05, 0) is 6.92 Å². The zero-order valence-corrected chi connectivity index (χ0v) is 3.52. The fourth-order valence-electron chi connectivity index (χ4n) is 0.0968. The van der Waals surface area contributed by atoms with Crippen LogP contribution in [-0.4, -0.2) is 5.71 Å². The highest BCUT2D eigenvalue weighted by Gasteiger charge is 1.77. The van der Waals surface area contributed by atoms with E-state index in [1.807, 2.05) is 0 Å². The Morgan fingerprint density at radius 1 is 2.33 bits per heavy atom. The highest BCUT2D eigenvalue weighted by molar-refractivity contribution is 5.80. The van der Waals surface area contributed by atoms with Crippen LogP contribution in [0.4, 0.5) is 0 Å². The van der Waals surface area contributed by atoms with Gasteiger partial charge in [-0.15, -0.1) is 0 Å². The van der Waals surface area contributed by atoms with Gasteiger partial charge in [-0.2, -0.15) is 5.26 Å². The van der Waals surface area contributed by atoms with Crippen LogP contribution < -0.4 is 0 Å². The van der Waals surface area contributed by atoms with Gasteiger partial charge in [0.15, 0.2) is 0 Å². The van der Waals surface area contributed by atoms with Crippen LogP contribution in [-0.2, 0) is 0 Å². The molecule has 0 amide bonds. The van der Waals surface area contributed by atoms with Crippen molar-refractivity contribution in [1.82, 2.24) is 0 Å². The fourth-order valence-corrected chi connectivity index (χ4v) is 0.0968. The van der Waals surface area contributed by atoms with Gasteiger partial charge in [0.05, 0.1) is 12.5 Å². The maximum Gasteiger partial charge on any atom is 0.0725 e. The molecule has 0 aromatic carbocycles. The summed E-state index contributed by atoms with van der Waals surface area (Å²) in [5.41, 5.74) is 0.0995. The summed E-state index contributed by atoms with van der Waals surface area (Å²) in [6.07, 6.45) is -0.958. The number of nitriles is 1. The van der Waals surface area contributed by atoms with Crippen LogP contribution in [0, 0.1) is 16.7 Å². The summed E-state index contributed by atoms with van der Waals surface area (Å²) in [5.74, 6) is 0. The fraction of sp³-hybridized carbons (Fsp3) is 0.500. The van der Waals surface area contributed by atoms with Gasteiger partial charge >= 0.3 is 0 Å². The molecule has 0 saturated carbocycles. The predicted molar refractivity (Wildman–Crippen MR) is 23.6 cm³/mol. The first-order valence-corrected chi connectivity index (χ1v) is 1.55. The number of hydrogen-bond donors (Lipinski definition) is 1. The highest BCUT2D eigenvalue weighted by Crippen LogP contribution is 1.73. The van der Waals surface area contributed by atoms with E-state index in [9.17, 15) is 0 Å². The second-order valence-electron chi connectivity index (χ2n) is 0.956. The van der Waals surface area contributed by atoms with Crippen molar-refractivity contribution < 1.29 is 1.37 Å². The molecule has 0 fully saturated rings. The van der Waals surface area contributed by atoms with E-state index in [-0.39, 0.29) is 5.71 Å². The Kier molecular flexibility index (Phi) is 1.34. The van der Waals surface area contributed by atoms with Gasteiger partial charge in [0.2, 0.25) is 0 Å². The Hall–Kier alpha value is -0.840. The average Bonchev–Trinajstić information content (AvgIpc) is 1.65. The Labute approximate surface area is 38.3 Å². The summed E-state index contributed by atoms with van der Waals surface area (Å²) in [5, 5.41) is 14.6. The molecule has 0 heterocycles. The van der Waals surface area contributed by atoms with Crippen LogP contribution in [0.5, 0.6) is 0 Å². The van der Waals surface area contributed by atoms with Crippen molar-refractivity contribution >= 4 is 5.71 Å². The summed E-state index contributed by atoms with van der Waals surface area (Å²) in [7, 11) is 0. The summed E-state index contributed by atoms with van der Waals surface area (Å²) in [6, 6.07) is 1.61. The minimum atomic E-state index is -0.958. The van der Waals surface area contributed by atoms with Gasteiger partial charge < -0.3 is 5.41 Å². The van der Waals surface area contributed by atoms with Crippen molar-refractivity contribution in [2.24, 2.45) is 0 Å². The number of nitrogens with zero attached hydrogens (tertiary/aromatic N) is 1.